The highest BCUT2D eigenvalue weighted by atomic mass is 16.5. The molecule has 1 aliphatic rings. The molecular weight excluding hydrogens is 562 g/mol. The molecule has 0 unspecified atom stereocenters. The first-order valence-corrected chi connectivity index (χ1v) is 14.7. The van der Waals surface area contributed by atoms with Gasteiger partial charge in [0, 0.05) is 37.9 Å². The lowest BCUT2D eigenvalue weighted by molar-refractivity contribution is -0.137. The van der Waals surface area contributed by atoms with Gasteiger partial charge in [0.1, 0.15) is 5.69 Å². The van der Waals surface area contributed by atoms with E-state index in [1.807, 2.05) is 52.8 Å². The van der Waals surface area contributed by atoms with Crippen LogP contribution in [0.15, 0.2) is 59.0 Å². The SMILES string of the molecule is C=CC=NC.CC.CC.Cc1cccnc1-c1noc(CCC(=O)O)n1.NC(=O)Nc1cnc2ccnn2c1C1CCCC1. The van der Waals surface area contributed by atoms with Crippen molar-refractivity contribution >= 4 is 29.5 Å². The van der Waals surface area contributed by atoms with E-state index in [1.165, 1.54) is 12.8 Å². The van der Waals surface area contributed by atoms with Gasteiger partial charge in [0.25, 0.3) is 0 Å². The third-order valence-electron chi connectivity index (χ3n) is 5.95. The van der Waals surface area contributed by atoms with E-state index in [2.05, 4.69) is 42.1 Å². The molecular formula is C31H45N9O4. The lowest BCUT2D eigenvalue weighted by atomic mass is 10.0. The highest BCUT2D eigenvalue weighted by molar-refractivity contribution is 5.88. The van der Waals surface area contributed by atoms with Crippen LogP contribution < -0.4 is 11.1 Å². The number of aromatic nitrogens is 6. The van der Waals surface area contributed by atoms with Gasteiger partial charge in [0.05, 0.1) is 30.2 Å². The molecule has 13 heteroatoms. The first-order valence-electron chi connectivity index (χ1n) is 14.7. The number of amides is 2. The summed E-state index contributed by atoms with van der Waals surface area (Å²) in [4.78, 5) is 37.6. The molecule has 0 aromatic carbocycles. The van der Waals surface area contributed by atoms with E-state index in [-0.39, 0.29) is 12.8 Å². The van der Waals surface area contributed by atoms with Crippen LogP contribution in [0.3, 0.4) is 0 Å². The van der Waals surface area contributed by atoms with Gasteiger partial charge in [0.15, 0.2) is 5.65 Å². The van der Waals surface area contributed by atoms with Crippen LogP contribution in [-0.2, 0) is 11.2 Å². The van der Waals surface area contributed by atoms with Crippen molar-refractivity contribution < 1.29 is 19.2 Å². The third kappa shape index (κ3) is 11.7. The zero-order chi connectivity index (χ0) is 32.9. The van der Waals surface area contributed by atoms with Gasteiger partial charge in [-0.1, -0.05) is 64.4 Å². The second-order valence-corrected chi connectivity index (χ2v) is 8.85. The van der Waals surface area contributed by atoms with Gasteiger partial charge in [-0.25, -0.2) is 14.3 Å². The number of hydrogen-bond acceptors (Lipinski definition) is 9. The number of nitrogens with one attached hydrogen (secondary N) is 1. The summed E-state index contributed by atoms with van der Waals surface area (Å²) in [5, 5.41) is 19.3. The Morgan fingerprint density at radius 1 is 1.18 bits per heavy atom. The van der Waals surface area contributed by atoms with E-state index in [4.69, 9.17) is 15.4 Å². The van der Waals surface area contributed by atoms with E-state index in [0.717, 1.165) is 29.7 Å². The van der Waals surface area contributed by atoms with Crippen molar-refractivity contribution in [1.29, 1.82) is 0 Å². The Labute approximate surface area is 258 Å². The van der Waals surface area contributed by atoms with Crippen LogP contribution in [0.1, 0.15) is 82.9 Å². The van der Waals surface area contributed by atoms with Crippen LogP contribution in [0, 0.1) is 6.92 Å². The summed E-state index contributed by atoms with van der Waals surface area (Å²) in [6.07, 6.45) is 13.2. The number of allylic oxidation sites excluding steroid dienone is 1. The highest BCUT2D eigenvalue weighted by Crippen LogP contribution is 2.37. The standard InChI is InChI=1S/C12H15N5O.C11H11N3O3.C4H7N.2C2H6/c13-12(18)16-9-7-14-10-5-6-15-17(10)11(9)8-3-1-2-4-8;1-7-3-2-6-12-10(7)11-13-8(17-14-11)4-5-9(15)16;1-3-4-5-2;2*1-2/h5-8H,1-4H2,(H3,13,16,18);2-3,6H,4-5H2,1H3,(H,15,16);3-4H,1H2,2H3;2*1-2H3. The first kappa shape index (κ1) is 37.1. The van der Waals surface area contributed by atoms with Crippen LogP contribution in [0.2, 0.25) is 0 Å². The Kier molecular flexibility index (Phi) is 17.6. The molecule has 238 valence electrons. The molecule has 0 spiro atoms. The van der Waals surface area contributed by atoms with Crippen LogP contribution in [-0.4, -0.2) is 60.1 Å². The molecule has 5 rings (SSSR count). The fraction of sp³-hybridized carbons (Fsp3) is 0.419. The number of hydrogen-bond donors (Lipinski definition) is 3. The number of pyridine rings is 1. The normalized spacial score (nSPS) is 12.0. The van der Waals surface area contributed by atoms with Crippen LogP contribution in [0.5, 0.6) is 0 Å². The maximum atomic E-state index is 11.1. The number of rotatable bonds is 7. The molecule has 0 atom stereocenters. The fourth-order valence-corrected chi connectivity index (χ4v) is 4.20. The molecule has 13 nitrogen and oxygen atoms in total. The van der Waals surface area contributed by atoms with E-state index >= 15 is 0 Å². The number of aliphatic carboxylic acids is 1. The second kappa shape index (κ2) is 20.9. The van der Waals surface area contributed by atoms with Crippen LogP contribution in [0.25, 0.3) is 17.2 Å². The monoisotopic (exact) mass is 607 g/mol. The van der Waals surface area contributed by atoms with Crippen molar-refractivity contribution in [3.8, 4) is 11.5 Å². The van der Waals surface area contributed by atoms with Gasteiger partial charge < -0.3 is 20.7 Å². The molecule has 4 N–H and O–H groups in total. The minimum absolute atomic E-state index is 0.0250. The van der Waals surface area contributed by atoms with Crippen molar-refractivity contribution in [3.63, 3.8) is 0 Å². The minimum Gasteiger partial charge on any atom is -0.481 e. The first-order chi connectivity index (χ1) is 21.3. The summed E-state index contributed by atoms with van der Waals surface area (Å²) >= 11 is 0. The maximum Gasteiger partial charge on any atom is 0.316 e. The molecule has 44 heavy (non-hydrogen) atoms. The molecule has 0 saturated heterocycles. The summed E-state index contributed by atoms with van der Waals surface area (Å²) in [5.41, 5.74) is 9.28. The number of nitrogens with zero attached hydrogens (tertiary/aromatic N) is 7. The number of carbonyl (C=O) groups excluding carboxylic acids is 1. The summed E-state index contributed by atoms with van der Waals surface area (Å²) < 4.78 is 6.77. The van der Waals surface area contributed by atoms with Gasteiger partial charge in [-0.2, -0.15) is 10.1 Å². The number of urea groups is 1. The largest absolute Gasteiger partial charge is 0.481 e. The van der Waals surface area contributed by atoms with E-state index < -0.39 is 12.0 Å². The summed E-state index contributed by atoms with van der Waals surface area (Å²) in [5.74, 6) is 0.229. The molecule has 4 aromatic rings. The van der Waals surface area contributed by atoms with Gasteiger partial charge >= 0.3 is 12.0 Å². The topological polar surface area (TPSA) is 187 Å². The minimum atomic E-state index is -0.890. The number of primary amides is 1. The maximum absolute atomic E-state index is 11.1. The Morgan fingerprint density at radius 2 is 1.89 bits per heavy atom. The number of nitrogens with two attached hydrogens (primary N) is 1. The number of anilines is 1. The molecule has 1 saturated carbocycles. The van der Waals surface area contributed by atoms with Gasteiger partial charge in [0.2, 0.25) is 11.7 Å². The smallest absolute Gasteiger partial charge is 0.316 e. The number of carboxylic acids is 1. The Hall–Kier alpha value is -4.94. The zero-order valence-corrected chi connectivity index (χ0v) is 26.5. The molecule has 4 heterocycles. The number of aryl methyl sites for hydroxylation is 2. The zero-order valence-electron chi connectivity index (χ0n) is 26.5. The molecule has 0 aliphatic heterocycles. The molecule has 0 bridgehead atoms. The Morgan fingerprint density at radius 3 is 2.45 bits per heavy atom. The van der Waals surface area contributed by atoms with Gasteiger partial charge in [-0.3, -0.25) is 14.8 Å². The quantitative estimate of drug-likeness (QED) is 0.204. The third-order valence-corrected chi connectivity index (χ3v) is 5.95. The van der Waals surface area contributed by atoms with Crippen molar-refractivity contribution in [2.45, 2.75) is 79.1 Å². The number of carboxylic acid groups (broad SMARTS) is 1. The summed E-state index contributed by atoms with van der Waals surface area (Å²) in [7, 11) is 1.71. The van der Waals surface area contributed by atoms with Crippen molar-refractivity contribution in [1.82, 2.24) is 29.7 Å². The second-order valence-electron chi connectivity index (χ2n) is 8.85. The number of carbonyl (C=O) groups is 2. The lowest BCUT2D eigenvalue weighted by Crippen LogP contribution is -2.22. The van der Waals surface area contributed by atoms with Gasteiger partial charge in [-0.15, -0.1) is 0 Å². The fourth-order valence-electron chi connectivity index (χ4n) is 4.20. The van der Waals surface area contributed by atoms with Gasteiger partial charge in [-0.05, 0) is 31.4 Å². The van der Waals surface area contributed by atoms with Crippen molar-refractivity contribution in [2.75, 3.05) is 12.4 Å². The molecule has 2 amide bonds. The van der Waals surface area contributed by atoms with E-state index in [9.17, 15) is 9.59 Å². The molecule has 0 radical (unpaired) electrons. The Bertz CT molecular complexity index is 1460. The number of aliphatic imine (C=N–C) groups is 1. The predicted molar refractivity (Wildman–Crippen MR) is 173 cm³/mol. The number of fused-ring (bicyclic) bond motifs is 1. The van der Waals surface area contributed by atoms with Crippen molar-refractivity contribution in [3.05, 3.63) is 66.6 Å². The van der Waals surface area contributed by atoms with E-state index in [1.54, 1.807) is 42.4 Å². The average Bonchev–Trinajstić information content (AvgIpc) is 3.82. The predicted octanol–water partition coefficient (Wildman–Crippen LogP) is 6.26. The summed E-state index contributed by atoms with van der Waals surface area (Å²) in [6.45, 7) is 13.3. The van der Waals surface area contributed by atoms with Crippen LogP contribution in [0.4, 0.5) is 10.5 Å². The lowest BCUT2D eigenvalue weighted by Gasteiger charge is -2.16. The summed E-state index contributed by atoms with van der Waals surface area (Å²) in [6, 6.07) is 5.01. The highest BCUT2D eigenvalue weighted by Gasteiger charge is 2.24. The van der Waals surface area contributed by atoms with Crippen molar-refractivity contribution in [2.24, 2.45) is 10.7 Å². The average molecular weight is 608 g/mol. The molecule has 4 aromatic heterocycles. The Balaban J connectivity index is 0.000000349. The molecule has 1 aliphatic carbocycles. The molecule has 1 fully saturated rings. The van der Waals surface area contributed by atoms with Crippen LogP contribution >= 0.6 is 0 Å². The van der Waals surface area contributed by atoms with E-state index in [0.29, 0.717) is 29.0 Å².